The van der Waals surface area contributed by atoms with Crippen LogP contribution in [0.25, 0.3) is 0 Å². The zero-order chi connectivity index (χ0) is 23.0. The maximum absolute atomic E-state index is 13.0. The molecule has 2 aliphatic rings. The zero-order valence-electron chi connectivity index (χ0n) is 19.8. The highest BCUT2D eigenvalue weighted by Crippen LogP contribution is 2.57. The Morgan fingerprint density at radius 2 is 2.16 bits per heavy atom. The number of nitrogens with one attached hydrogen (secondary N) is 1. The molecule has 7 heteroatoms. The predicted octanol–water partition coefficient (Wildman–Crippen LogP) is 4.84. The third kappa shape index (κ3) is 4.05. The fourth-order valence-electron chi connectivity index (χ4n) is 6.17. The molecule has 2 heterocycles. The quantitative estimate of drug-likeness (QED) is 0.650. The van der Waals surface area contributed by atoms with Gasteiger partial charge in [-0.3, -0.25) is 9.78 Å². The molecule has 2 N–H and O–H groups in total. The average Bonchev–Trinajstić information content (AvgIpc) is 3.16. The number of amides is 1. The van der Waals surface area contributed by atoms with E-state index in [0.29, 0.717) is 0 Å². The summed E-state index contributed by atoms with van der Waals surface area (Å²) in [6.07, 6.45) is 5.92. The molecule has 2 aromatic heterocycles. The van der Waals surface area contributed by atoms with E-state index in [9.17, 15) is 9.90 Å². The molecule has 6 nitrogen and oxygen atoms in total. The molecule has 4 rings (SSSR count). The second-order valence-electron chi connectivity index (χ2n) is 9.83. The van der Waals surface area contributed by atoms with Crippen molar-refractivity contribution in [3.05, 3.63) is 35.1 Å². The van der Waals surface area contributed by atoms with Gasteiger partial charge in [-0.15, -0.1) is 11.3 Å². The van der Waals surface area contributed by atoms with E-state index in [4.69, 9.17) is 4.98 Å². The van der Waals surface area contributed by atoms with Crippen LogP contribution in [0.2, 0.25) is 0 Å². The predicted molar refractivity (Wildman–Crippen MR) is 129 cm³/mol. The minimum atomic E-state index is -0.497. The SMILES string of the molecule is CCN(CC)C(=O)[C@@H](C)C1CC[C@@]2(C)Cc3sc(Nc4cccnc4)nc3[C@@H](C)[C@@H]2[C@H]1O. The summed E-state index contributed by atoms with van der Waals surface area (Å²) in [7, 11) is 0. The van der Waals surface area contributed by atoms with Gasteiger partial charge in [0, 0.05) is 36.0 Å². The van der Waals surface area contributed by atoms with Crippen LogP contribution >= 0.6 is 11.3 Å². The largest absolute Gasteiger partial charge is 0.392 e. The number of aliphatic hydroxyl groups is 1. The number of fused-ring (bicyclic) bond motifs is 2. The lowest BCUT2D eigenvalue weighted by Crippen LogP contribution is -2.53. The molecular formula is C25H36N4O2S. The summed E-state index contributed by atoms with van der Waals surface area (Å²) in [6, 6.07) is 3.89. The highest BCUT2D eigenvalue weighted by molar-refractivity contribution is 7.15. The minimum absolute atomic E-state index is 0.00296. The summed E-state index contributed by atoms with van der Waals surface area (Å²) in [4.78, 5) is 25.4. The number of hydrogen-bond donors (Lipinski definition) is 2. The molecule has 174 valence electrons. The van der Waals surface area contributed by atoms with Crippen LogP contribution in [-0.4, -0.2) is 45.1 Å². The van der Waals surface area contributed by atoms with Crippen LogP contribution in [-0.2, 0) is 11.2 Å². The number of carbonyl (C=O) groups excluding carboxylic acids is 1. The van der Waals surface area contributed by atoms with Crippen LogP contribution in [0, 0.1) is 23.2 Å². The van der Waals surface area contributed by atoms with E-state index in [1.165, 1.54) is 4.88 Å². The molecule has 1 fully saturated rings. The van der Waals surface area contributed by atoms with Crippen molar-refractivity contribution in [2.45, 2.75) is 65.9 Å². The first-order valence-corrected chi connectivity index (χ1v) is 12.7. The second-order valence-corrected chi connectivity index (χ2v) is 10.9. The van der Waals surface area contributed by atoms with E-state index in [-0.39, 0.29) is 35.0 Å². The number of anilines is 2. The zero-order valence-corrected chi connectivity index (χ0v) is 20.7. The number of hydrogen-bond acceptors (Lipinski definition) is 6. The monoisotopic (exact) mass is 456 g/mol. The van der Waals surface area contributed by atoms with Gasteiger partial charge in [0.2, 0.25) is 5.91 Å². The number of carbonyl (C=O) groups is 1. The smallest absolute Gasteiger partial charge is 0.225 e. The Balaban J connectivity index is 1.57. The Bertz CT molecular complexity index is 945. The highest BCUT2D eigenvalue weighted by atomic mass is 32.1. The fourth-order valence-corrected chi connectivity index (χ4v) is 7.45. The van der Waals surface area contributed by atoms with Gasteiger partial charge in [0.25, 0.3) is 0 Å². The first-order valence-electron chi connectivity index (χ1n) is 11.9. The van der Waals surface area contributed by atoms with Crippen LogP contribution < -0.4 is 5.32 Å². The van der Waals surface area contributed by atoms with Crippen molar-refractivity contribution >= 4 is 28.1 Å². The van der Waals surface area contributed by atoms with Crippen LogP contribution in [0.5, 0.6) is 0 Å². The van der Waals surface area contributed by atoms with Crippen molar-refractivity contribution in [1.82, 2.24) is 14.9 Å². The van der Waals surface area contributed by atoms with Crippen molar-refractivity contribution in [3.63, 3.8) is 0 Å². The number of pyridine rings is 1. The number of rotatable bonds is 6. The Kier molecular flexibility index (Phi) is 6.59. The van der Waals surface area contributed by atoms with E-state index in [2.05, 4.69) is 24.1 Å². The molecule has 0 spiro atoms. The Labute approximate surface area is 195 Å². The van der Waals surface area contributed by atoms with E-state index in [0.717, 1.165) is 48.9 Å². The molecule has 2 aromatic rings. The maximum Gasteiger partial charge on any atom is 0.225 e. The van der Waals surface area contributed by atoms with Crippen molar-refractivity contribution in [3.8, 4) is 0 Å². The lowest BCUT2D eigenvalue weighted by Gasteiger charge is -2.53. The van der Waals surface area contributed by atoms with Gasteiger partial charge < -0.3 is 15.3 Å². The molecule has 1 saturated carbocycles. The van der Waals surface area contributed by atoms with E-state index in [1.807, 2.05) is 37.8 Å². The van der Waals surface area contributed by atoms with Gasteiger partial charge in [0.1, 0.15) is 0 Å². The van der Waals surface area contributed by atoms with Crippen LogP contribution in [0.3, 0.4) is 0 Å². The van der Waals surface area contributed by atoms with Gasteiger partial charge in [0.05, 0.1) is 23.7 Å². The lowest BCUT2D eigenvalue weighted by molar-refractivity contribution is -0.144. The fraction of sp³-hybridized carbons (Fsp3) is 0.640. The van der Waals surface area contributed by atoms with E-state index >= 15 is 0 Å². The number of aliphatic hydroxyl groups excluding tert-OH is 1. The van der Waals surface area contributed by atoms with Gasteiger partial charge >= 0.3 is 0 Å². The normalized spacial score (nSPS) is 30.2. The summed E-state index contributed by atoms with van der Waals surface area (Å²) in [5.74, 6) is 0.258. The molecular weight excluding hydrogens is 420 g/mol. The summed E-state index contributed by atoms with van der Waals surface area (Å²) >= 11 is 1.72. The highest BCUT2D eigenvalue weighted by Gasteiger charge is 2.54. The van der Waals surface area contributed by atoms with Crippen LogP contribution in [0.4, 0.5) is 10.8 Å². The van der Waals surface area contributed by atoms with Gasteiger partial charge in [-0.25, -0.2) is 4.98 Å². The molecule has 0 aliphatic heterocycles. The van der Waals surface area contributed by atoms with Crippen molar-refractivity contribution in [2.75, 3.05) is 18.4 Å². The number of aromatic nitrogens is 2. The topological polar surface area (TPSA) is 78.4 Å². The second kappa shape index (κ2) is 9.10. The van der Waals surface area contributed by atoms with Crippen molar-refractivity contribution < 1.29 is 9.90 Å². The Morgan fingerprint density at radius 3 is 2.81 bits per heavy atom. The van der Waals surface area contributed by atoms with Crippen LogP contribution in [0.1, 0.15) is 63.9 Å². The first kappa shape index (κ1) is 23.2. The summed E-state index contributed by atoms with van der Waals surface area (Å²) < 4.78 is 0. The molecule has 1 unspecified atom stereocenters. The Morgan fingerprint density at radius 1 is 1.41 bits per heavy atom. The van der Waals surface area contributed by atoms with Gasteiger partial charge in [-0.05, 0) is 62.5 Å². The van der Waals surface area contributed by atoms with Gasteiger partial charge in [0.15, 0.2) is 5.13 Å². The van der Waals surface area contributed by atoms with Crippen molar-refractivity contribution in [2.24, 2.45) is 23.2 Å². The Hall–Kier alpha value is -1.99. The molecule has 0 saturated heterocycles. The molecule has 2 aliphatic carbocycles. The number of thiazole rings is 1. The molecule has 1 amide bonds. The standard InChI is InChI=1S/C25H36N4O2S/c1-6-29(7-2)23(31)15(3)18-10-11-25(5)13-19-21(16(4)20(25)22(18)30)28-24(32-19)27-17-9-8-12-26-14-17/h8-9,12,14-16,18,20,22,30H,6-7,10-11,13H2,1-5H3,(H,27,28)/t15-,16-,18?,20+,22-,25-/m0/s1. The number of nitrogens with zero attached hydrogens (tertiary/aromatic N) is 3. The maximum atomic E-state index is 13.0. The summed E-state index contributed by atoms with van der Waals surface area (Å²) in [6.45, 7) is 12.0. The van der Waals surface area contributed by atoms with Crippen LogP contribution in [0.15, 0.2) is 24.5 Å². The molecule has 32 heavy (non-hydrogen) atoms. The van der Waals surface area contributed by atoms with Crippen molar-refractivity contribution in [1.29, 1.82) is 0 Å². The van der Waals surface area contributed by atoms with E-state index < -0.39 is 6.10 Å². The van der Waals surface area contributed by atoms with Gasteiger partial charge in [-0.1, -0.05) is 20.8 Å². The first-order chi connectivity index (χ1) is 15.3. The third-order valence-electron chi connectivity index (χ3n) is 7.94. The summed E-state index contributed by atoms with van der Waals surface area (Å²) in [5, 5.41) is 15.9. The molecule has 0 radical (unpaired) electrons. The summed E-state index contributed by atoms with van der Waals surface area (Å²) in [5.41, 5.74) is 2.06. The third-order valence-corrected chi connectivity index (χ3v) is 8.93. The molecule has 6 atom stereocenters. The average molecular weight is 457 g/mol. The minimum Gasteiger partial charge on any atom is -0.392 e. The molecule has 0 aromatic carbocycles. The van der Waals surface area contributed by atoms with Gasteiger partial charge in [-0.2, -0.15) is 0 Å². The molecule has 0 bridgehead atoms. The van der Waals surface area contributed by atoms with E-state index in [1.54, 1.807) is 23.7 Å². The lowest BCUT2D eigenvalue weighted by atomic mass is 9.53.